The van der Waals surface area contributed by atoms with E-state index >= 15 is 0 Å². The monoisotopic (exact) mass is 223 g/mol. The van der Waals surface area contributed by atoms with Crippen molar-refractivity contribution in [1.82, 2.24) is 9.78 Å². The van der Waals surface area contributed by atoms with Crippen LogP contribution in [0.1, 0.15) is 50.1 Å². The summed E-state index contributed by atoms with van der Waals surface area (Å²) in [7, 11) is 0. The summed E-state index contributed by atoms with van der Waals surface area (Å²) in [5.41, 5.74) is 9.50. The van der Waals surface area contributed by atoms with Crippen LogP contribution in [0.25, 0.3) is 0 Å². The first kappa shape index (κ1) is 13.2. The van der Waals surface area contributed by atoms with E-state index in [4.69, 9.17) is 5.73 Å². The molecule has 16 heavy (non-hydrogen) atoms. The number of hydrogen-bond acceptors (Lipinski definition) is 2. The van der Waals surface area contributed by atoms with Gasteiger partial charge in [0.15, 0.2) is 0 Å². The van der Waals surface area contributed by atoms with Crippen LogP contribution in [0.4, 0.5) is 0 Å². The number of nitrogens with zero attached hydrogens (tertiary/aromatic N) is 2. The lowest BCUT2D eigenvalue weighted by atomic mass is 9.99. The highest BCUT2D eigenvalue weighted by Crippen LogP contribution is 2.22. The molecule has 0 radical (unpaired) electrons. The van der Waals surface area contributed by atoms with E-state index in [-0.39, 0.29) is 0 Å². The second-order valence-corrected chi connectivity index (χ2v) is 5.13. The summed E-state index contributed by atoms with van der Waals surface area (Å²) in [6.07, 6.45) is 1.18. The minimum absolute atomic E-state index is 0.410. The minimum Gasteiger partial charge on any atom is -0.330 e. The Bertz CT molecular complexity index is 339. The van der Waals surface area contributed by atoms with Crippen LogP contribution in [0.3, 0.4) is 0 Å². The normalized spacial score (nSPS) is 13.4. The van der Waals surface area contributed by atoms with Gasteiger partial charge >= 0.3 is 0 Å². The Labute approximate surface area is 99.0 Å². The van der Waals surface area contributed by atoms with Crippen molar-refractivity contribution >= 4 is 0 Å². The molecule has 1 atom stereocenters. The summed E-state index contributed by atoms with van der Waals surface area (Å²) in [5.74, 6) is 1.13. The fourth-order valence-electron chi connectivity index (χ4n) is 2.14. The number of rotatable bonds is 5. The molecule has 0 aliphatic rings. The number of aromatic nitrogens is 2. The molecular formula is C13H25N3. The average molecular weight is 223 g/mol. The van der Waals surface area contributed by atoms with Gasteiger partial charge < -0.3 is 5.73 Å². The summed E-state index contributed by atoms with van der Waals surface area (Å²) in [4.78, 5) is 0. The van der Waals surface area contributed by atoms with E-state index in [1.807, 2.05) is 0 Å². The highest BCUT2D eigenvalue weighted by atomic mass is 15.3. The van der Waals surface area contributed by atoms with E-state index in [2.05, 4.69) is 44.4 Å². The van der Waals surface area contributed by atoms with Crippen LogP contribution in [-0.2, 0) is 6.54 Å². The average Bonchev–Trinajstić information content (AvgIpc) is 2.50. The van der Waals surface area contributed by atoms with Gasteiger partial charge in [0.1, 0.15) is 0 Å². The van der Waals surface area contributed by atoms with Gasteiger partial charge in [0, 0.05) is 12.2 Å². The van der Waals surface area contributed by atoms with E-state index in [0.717, 1.165) is 18.2 Å². The topological polar surface area (TPSA) is 43.8 Å². The van der Waals surface area contributed by atoms with E-state index in [1.165, 1.54) is 17.7 Å². The van der Waals surface area contributed by atoms with Crippen molar-refractivity contribution < 1.29 is 0 Å². The minimum atomic E-state index is 0.410. The standard InChI is InChI=1S/C13H25N3/c1-9(2)6-7-16-12(5)13(10(3)8-14)11(4)15-16/h9-10H,6-8,14H2,1-5H3. The van der Waals surface area contributed by atoms with Crippen LogP contribution in [0.15, 0.2) is 0 Å². The first-order valence-electron chi connectivity index (χ1n) is 6.21. The van der Waals surface area contributed by atoms with Gasteiger partial charge in [-0.2, -0.15) is 5.10 Å². The molecule has 1 aromatic rings. The summed E-state index contributed by atoms with van der Waals surface area (Å²) in [5, 5.41) is 4.61. The quantitative estimate of drug-likeness (QED) is 0.834. The molecule has 3 nitrogen and oxygen atoms in total. The summed E-state index contributed by atoms with van der Waals surface area (Å²) >= 11 is 0. The zero-order valence-corrected chi connectivity index (χ0v) is 11.2. The Morgan fingerprint density at radius 3 is 2.38 bits per heavy atom. The maximum atomic E-state index is 5.74. The van der Waals surface area contributed by atoms with Crippen molar-refractivity contribution in [2.75, 3.05) is 6.54 Å². The molecule has 0 saturated carbocycles. The van der Waals surface area contributed by atoms with Gasteiger partial charge in [-0.25, -0.2) is 0 Å². The summed E-state index contributed by atoms with van der Waals surface area (Å²) < 4.78 is 2.14. The van der Waals surface area contributed by atoms with Crippen molar-refractivity contribution in [2.45, 2.75) is 53.5 Å². The maximum absolute atomic E-state index is 5.74. The third-order valence-electron chi connectivity index (χ3n) is 3.20. The van der Waals surface area contributed by atoms with Crippen LogP contribution in [-0.4, -0.2) is 16.3 Å². The molecule has 0 bridgehead atoms. The largest absolute Gasteiger partial charge is 0.330 e. The van der Waals surface area contributed by atoms with Crippen molar-refractivity contribution in [3.05, 3.63) is 17.0 Å². The van der Waals surface area contributed by atoms with Crippen LogP contribution in [0.2, 0.25) is 0 Å². The van der Waals surface area contributed by atoms with E-state index in [9.17, 15) is 0 Å². The van der Waals surface area contributed by atoms with Crippen molar-refractivity contribution in [2.24, 2.45) is 11.7 Å². The second kappa shape index (κ2) is 5.48. The Morgan fingerprint density at radius 1 is 1.25 bits per heavy atom. The molecule has 0 saturated heterocycles. The summed E-state index contributed by atoms with van der Waals surface area (Å²) in [6.45, 7) is 12.6. The van der Waals surface area contributed by atoms with Crippen molar-refractivity contribution in [3.8, 4) is 0 Å². The van der Waals surface area contributed by atoms with Gasteiger partial charge in [-0.1, -0.05) is 20.8 Å². The fraction of sp³-hybridized carbons (Fsp3) is 0.769. The van der Waals surface area contributed by atoms with Gasteiger partial charge in [0.25, 0.3) is 0 Å². The Morgan fingerprint density at radius 2 is 1.88 bits per heavy atom. The molecule has 0 spiro atoms. The van der Waals surface area contributed by atoms with Gasteiger partial charge in [-0.15, -0.1) is 0 Å². The summed E-state index contributed by atoms with van der Waals surface area (Å²) in [6, 6.07) is 0. The molecule has 0 amide bonds. The molecule has 1 unspecified atom stereocenters. The third-order valence-corrected chi connectivity index (χ3v) is 3.20. The first-order valence-corrected chi connectivity index (χ1v) is 6.21. The fourth-order valence-corrected chi connectivity index (χ4v) is 2.14. The van der Waals surface area contributed by atoms with Gasteiger partial charge in [-0.3, -0.25) is 4.68 Å². The smallest absolute Gasteiger partial charge is 0.0631 e. The second-order valence-electron chi connectivity index (χ2n) is 5.13. The lowest BCUT2D eigenvalue weighted by Gasteiger charge is -2.10. The van der Waals surface area contributed by atoms with Crippen LogP contribution < -0.4 is 5.73 Å². The molecule has 92 valence electrons. The van der Waals surface area contributed by atoms with Gasteiger partial charge in [0.2, 0.25) is 0 Å². The molecule has 0 fully saturated rings. The highest BCUT2D eigenvalue weighted by Gasteiger charge is 2.16. The lowest BCUT2D eigenvalue weighted by molar-refractivity contribution is 0.478. The van der Waals surface area contributed by atoms with E-state index < -0.39 is 0 Å². The van der Waals surface area contributed by atoms with Crippen LogP contribution >= 0.6 is 0 Å². The predicted octanol–water partition coefficient (Wildman–Crippen LogP) is 2.61. The van der Waals surface area contributed by atoms with Gasteiger partial charge in [0.05, 0.1) is 5.69 Å². The first-order chi connectivity index (χ1) is 7.47. The highest BCUT2D eigenvalue weighted by molar-refractivity contribution is 5.28. The van der Waals surface area contributed by atoms with Crippen molar-refractivity contribution in [1.29, 1.82) is 0 Å². The van der Waals surface area contributed by atoms with E-state index in [0.29, 0.717) is 12.5 Å². The SMILES string of the molecule is Cc1nn(CCC(C)C)c(C)c1C(C)CN. The maximum Gasteiger partial charge on any atom is 0.0631 e. The molecule has 0 aromatic carbocycles. The molecule has 0 aliphatic heterocycles. The molecule has 1 rings (SSSR count). The predicted molar refractivity (Wildman–Crippen MR) is 68.6 cm³/mol. The number of aryl methyl sites for hydroxylation is 2. The van der Waals surface area contributed by atoms with Crippen LogP contribution in [0.5, 0.6) is 0 Å². The molecular weight excluding hydrogens is 198 g/mol. The number of hydrogen-bond donors (Lipinski definition) is 1. The molecule has 3 heteroatoms. The van der Waals surface area contributed by atoms with Gasteiger partial charge in [-0.05, 0) is 44.2 Å². The van der Waals surface area contributed by atoms with E-state index in [1.54, 1.807) is 0 Å². The number of nitrogens with two attached hydrogens (primary N) is 1. The zero-order valence-electron chi connectivity index (χ0n) is 11.2. The van der Waals surface area contributed by atoms with Crippen molar-refractivity contribution in [3.63, 3.8) is 0 Å². The molecule has 1 aromatic heterocycles. The van der Waals surface area contributed by atoms with Crippen LogP contribution in [0, 0.1) is 19.8 Å². The molecule has 1 heterocycles. The Kier molecular flexibility index (Phi) is 4.54. The Hall–Kier alpha value is -0.830. The zero-order chi connectivity index (χ0) is 12.3. The third kappa shape index (κ3) is 2.85. The molecule has 0 aliphatic carbocycles. The molecule has 2 N–H and O–H groups in total. The Balaban J connectivity index is 2.88. The lowest BCUT2D eigenvalue weighted by Crippen LogP contribution is -2.11.